The molecule has 0 N–H and O–H groups in total. The highest BCUT2D eigenvalue weighted by Gasteiger charge is 2.18. The first kappa shape index (κ1) is 16.9. The second kappa shape index (κ2) is 8.96. The normalized spacial score (nSPS) is 9.42. The molecule has 108 valence electrons. The van der Waals surface area contributed by atoms with Gasteiger partial charge in [-0.15, -0.1) is 0 Å². The molecule has 0 saturated carbocycles. The zero-order chi connectivity index (χ0) is 14.8. The highest BCUT2D eigenvalue weighted by molar-refractivity contribution is 5.85. The van der Waals surface area contributed by atoms with Crippen LogP contribution in [0.25, 0.3) is 0 Å². The molecule has 0 rings (SSSR count). The van der Waals surface area contributed by atoms with Crippen molar-refractivity contribution in [3.8, 4) is 0 Å². The van der Waals surface area contributed by atoms with Crippen LogP contribution in [0.4, 0.5) is 4.79 Å². The highest BCUT2D eigenvalue weighted by Crippen LogP contribution is 1.94. The average Bonchev–Trinajstić information content (AvgIpc) is 2.35. The van der Waals surface area contributed by atoms with Crippen molar-refractivity contribution in [2.75, 3.05) is 40.4 Å². The second-order valence-corrected chi connectivity index (χ2v) is 3.78. The number of amides is 2. The van der Waals surface area contributed by atoms with Crippen LogP contribution in [0.5, 0.6) is 0 Å². The van der Waals surface area contributed by atoms with Gasteiger partial charge in [-0.05, 0) is 6.92 Å². The number of ether oxygens (including phenoxy) is 2. The van der Waals surface area contributed by atoms with E-state index in [4.69, 9.17) is 9.47 Å². The van der Waals surface area contributed by atoms with Gasteiger partial charge in [0.05, 0.1) is 6.61 Å². The van der Waals surface area contributed by atoms with E-state index in [9.17, 15) is 14.4 Å². The number of hydrogen-bond acceptors (Lipinski definition) is 5. The Morgan fingerprint density at radius 3 is 2.26 bits per heavy atom. The summed E-state index contributed by atoms with van der Waals surface area (Å²) < 4.78 is 9.48. The number of rotatable bonds is 7. The van der Waals surface area contributed by atoms with E-state index >= 15 is 0 Å². The predicted molar refractivity (Wildman–Crippen MR) is 68.4 cm³/mol. The third-order valence-corrected chi connectivity index (χ3v) is 2.11. The summed E-state index contributed by atoms with van der Waals surface area (Å²) in [5.41, 5.74) is 0. The number of hydrogen-bond donors (Lipinski definition) is 0. The Labute approximate surface area is 112 Å². The van der Waals surface area contributed by atoms with Crippen LogP contribution >= 0.6 is 0 Å². The van der Waals surface area contributed by atoms with Crippen LogP contribution in [0.2, 0.25) is 0 Å². The van der Waals surface area contributed by atoms with E-state index < -0.39 is 12.1 Å². The lowest BCUT2D eigenvalue weighted by Gasteiger charge is -2.20. The Bertz CT molecular complexity index is 343. The minimum absolute atomic E-state index is 0.0794. The standard InChI is InChI=1S/C12H20N2O5/c1-5-7-19-12(17)14(4)8-10(15)13(3)9-11(16)18-6-2/h5H,1,6-9H2,2-4H3. The Morgan fingerprint density at radius 2 is 1.74 bits per heavy atom. The monoisotopic (exact) mass is 272 g/mol. The fraction of sp³-hybridized carbons (Fsp3) is 0.583. The zero-order valence-corrected chi connectivity index (χ0v) is 11.5. The van der Waals surface area contributed by atoms with Crippen LogP contribution < -0.4 is 0 Å². The van der Waals surface area contributed by atoms with Gasteiger partial charge in [-0.3, -0.25) is 9.59 Å². The number of likely N-dealkylation sites (N-methyl/N-ethyl adjacent to an activating group) is 2. The molecule has 7 heteroatoms. The van der Waals surface area contributed by atoms with Crippen LogP contribution in [0.15, 0.2) is 12.7 Å². The van der Waals surface area contributed by atoms with Gasteiger partial charge in [0.2, 0.25) is 5.91 Å². The molecule has 0 unspecified atom stereocenters. The molecule has 0 aromatic rings. The summed E-state index contributed by atoms with van der Waals surface area (Å²) in [5.74, 6) is -0.874. The predicted octanol–water partition coefficient (Wildman–Crippen LogP) is 0.262. The van der Waals surface area contributed by atoms with Gasteiger partial charge in [-0.2, -0.15) is 0 Å². The van der Waals surface area contributed by atoms with E-state index in [1.165, 1.54) is 25.1 Å². The van der Waals surface area contributed by atoms with Crippen molar-refractivity contribution >= 4 is 18.0 Å². The summed E-state index contributed by atoms with van der Waals surface area (Å²) in [6.07, 6.45) is 0.804. The lowest BCUT2D eigenvalue weighted by atomic mass is 10.4. The molecule has 0 bridgehead atoms. The SMILES string of the molecule is C=CCOC(=O)N(C)CC(=O)N(C)CC(=O)OCC. The summed E-state index contributed by atoms with van der Waals surface area (Å²) in [7, 11) is 2.89. The minimum atomic E-state index is -0.627. The number of nitrogens with zero attached hydrogens (tertiary/aromatic N) is 2. The molecule has 0 spiro atoms. The van der Waals surface area contributed by atoms with Crippen LogP contribution in [0.3, 0.4) is 0 Å². The Kier molecular flexibility index (Phi) is 7.99. The molecule has 7 nitrogen and oxygen atoms in total. The molecule has 0 saturated heterocycles. The zero-order valence-electron chi connectivity index (χ0n) is 11.5. The minimum Gasteiger partial charge on any atom is -0.465 e. The third kappa shape index (κ3) is 7.07. The molecule has 0 aliphatic carbocycles. The molecule has 0 aliphatic heterocycles. The molecule has 2 amide bonds. The van der Waals surface area contributed by atoms with Crippen molar-refractivity contribution in [1.29, 1.82) is 0 Å². The first-order valence-electron chi connectivity index (χ1n) is 5.80. The largest absolute Gasteiger partial charge is 0.465 e. The van der Waals surface area contributed by atoms with E-state index in [0.717, 1.165) is 4.90 Å². The number of carbonyl (C=O) groups excluding carboxylic acids is 3. The maximum Gasteiger partial charge on any atom is 0.410 e. The molecule has 0 radical (unpaired) electrons. The van der Waals surface area contributed by atoms with E-state index in [2.05, 4.69) is 6.58 Å². The topological polar surface area (TPSA) is 76.2 Å². The van der Waals surface area contributed by atoms with Gasteiger partial charge in [0.15, 0.2) is 0 Å². The maximum absolute atomic E-state index is 11.7. The molecule has 0 aromatic carbocycles. The summed E-state index contributed by atoms with van der Waals surface area (Å²) in [5, 5.41) is 0. The summed E-state index contributed by atoms with van der Waals surface area (Å²) in [6, 6.07) is 0. The molecular formula is C12H20N2O5. The van der Waals surface area contributed by atoms with Crippen molar-refractivity contribution in [2.45, 2.75) is 6.92 Å². The third-order valence-electron chi connectivity index (χ3n) is 2.11. The van der Waals surface area contributed by atoms with E-state index in [0.29, 0.717) is 0 Å². The van der Waals surface area contributed by atoms with Crippen LogP contribution in [-0.2, 0) is 19.1 Å². The quantitative estimate of drug-likeness (QED) is 0.491. The van der Waals surface area contributed by atoms with Crippen molar-refractivity contribution < 1.29 is 23.9 Å². The van der Waals surface area contributed by atoms with Crippen molar-refractivity contribution in [3.05, 3.63) is 12.7 Å². The van der Waals surface area contributed by atoms with Crippen LogP contribution in [0.1, 0.15) is 6.92 Å². The smallest absolute Gasteiger partial charge is 0.410 e. The van der Waals surface area contributed by atoms with Gasteiger partial charge >= 0.3 is 12.1 Å². The van der Waals surface area contributed by atoms with E-state index in [1.54, 1.807) is 6.92 Å². The molecule has 19 heavy (non-hydrogen) atoms. The van der Waals surface area contributed by atoms with E-state index in [1.807, 2.05) is 0 Å². The Hall–Kier alpha value is -2.05. The summed E-state index contributed by atoms with van der Waals surface area (Å²) >= 11 is 0. The van der Waals surface area contributed by atoms with Crippen molar-refractivity contribution in [1.82, 2.24) is 9.80 Å². The molecule has 0 fully saturated rings. The molecule has 0 heterocycles. The first-order valence-corrected chi connectivity index (χ1v) is 5.80. The van der Waals surface area contributed by atoms with Crippen LogP contribution in [-0.4, -0.2) is 68.2 Å². The second-order valence-electron chi connectivity index (χ2n) is 3.78. The maximum atomic E-state index is 11.7. The van der Waals surface area contributed by atoms with Gasteiger partial charge in [-0.1, -0.05) is 12.7 Å². The van der Waals surface area contributed by atoms with Gasteiger partial charge < -0.3 is 19.3 Å². The number of carbonyl (C=O) groups is 3. The first-order chi connectivity index (χ1) is 8.92. The lowest BCUT2D eigenvalue weighted by molar-refractivity contribution is -0.148. The molecule has 0 aliphatic rings. The van der Waals surface area contributed by atoms with Crippen molar-refractivity contribution in [2.24, 2.45) is 0 Å². The fourth-order valence-electron chi connectivity index (χ4n) is 1.12. The molecular weight excluding hydrogens is 252 g/mol. The highest BCUT2D eigenvalue weighted by atomic mass is 16.6. The average molecular weight is 272 g/mol. The lowest BCUT2D eigenvalue weighted by Crippen LogP contribution is -2.41. The molecule has 0 atom stereocenters. The van der Waals surface area contributed by atoms with Gasteiger partial charge in [-0.25, -0.2) is 4.79 Å². The summed E-state index contributed by atoms with van der Waals surface area (Å²) in [4.78, 5) is 36.6. The summed E-state index contributed by atoms with van der Waals surface area (Å²) in [6.45, 7) is 5.11. The van der Waals surface area contributed by atoms with Gasteiger partial charge in [0.1, 0.15) is 19.7 Å². The number of esters is 1. The Morgan fingerprint density at radius 1 is 1.11 bits per heavy atom. The van der Waals surface area contributed by atoms with Gasteiger partial charge in [0, 0.05) is 14.1 Å². The molecule has 0 aromatic heterocycles. The fourth-order valence-corrected chi connectivity index (χ4v) is 1.12. The van der Waals surface area contributed by atoms with Crippen molar-refractivity contribution in [3.63, 3.8) is 0 Å². The van der Waals surface area contributed by atoms with Gasteiger partial charge in [0.25, 0.3) is 0 Å². The van der Waals surface area contributed by atoms with E-state index in [-0.39, 0.29) is 32.2 Å². The van der Waals surface area contributed by atoms with Crippen LogP contribution in [0, 0.1) is 0 Å². The Balaban J connectivity index is 4.17.